The van der Waals surface area contributed by atoms with E-state index in [4.69, 9.17) is 4.52 Å². The van der Waals surface area contributed by atoms with Gasteiger partial charge in [-0.3, -0.25) is 0 Å². The summed E-state index contributed by atoms with van der Waals surface area (Å²) in [6.45, 7) is 1.91. The van der Waals surface area contributed by atoms with Gasteiger partial charge in [0.25, 0.3) is 0 Å². The summed E-state index contributed by atoms with van der Waals surface area (Å²) in [5.41, 5.74) is 4.91. The van der Waals surface area contributed by atoms with Crippen molar-refractivity contribution in [2.45, 2.75) is 6.92 Å². The van der Waals surface area contributed by atoms with Crippen LogP contribution in [0.5, 0.6) is 0 Å². The number of hydrogen-bond donors (Lipinski definition) is 1. The molecule has 0 saturated carbocycles. The summed E-state index contributed by atoms with van der Waals surface area (Å²) >= 11 is 3.39. The molecule has 4 nitrogen and oxygen atoms in total. The predicted octanol–water partition coefficient (Wildman–Crippen LogP) is 6.22. The number of nitrogens with zero attached hydrogens (tertiary/aromatic N) is 2. The minimum atomic E-state index is 0.698. The zero-order chi connectivity index (χ0) is 17.9. The number of aromatic nitrogens is 2. The van der Waals surface area contributed by atoms with E-state index < -0.39 is 0 Å². The highest BCUT2D eigenvalue weighted by Gasteiger charge is 2.16. The van der Waals surface area contributed by atoms with Gasteiger partial charge in [-0.05, 0) is 46.1 Å². The second-order valence-electron chi connectivity index (χ2n) is 5.89. The molecule has 0 unspecified atom stereocenters. The lowest BCUT2D eigenvalue weighted by molar-refractivity contribution is 0.427. The van der Waals surface area contributed by atoms with Crippen molar-refractivity contribution in [2.24, 2.45) is 0 Å². The van der Waals surface area contributed by atoms with Gasteiger partial charge < -0.3 is 9.84 Å². The Morgan fingerprint density at radius 3 is 2.23 bits per heavy atom. The fourth-order valence-electron chi connectivity index (χ4n) is 2.76. The van der Waals surface area contributed by atoms with Gasteiger partial charge in [-0.15, -0.1) is 0 Å². The maximum Gasteiger partial charge on any atom is 0.190 e. The van der Waals surface area contributed by atoms with Crippen LogP contribution in [0.25, 0.3) is 22.5 Å². The number of pyridine rings is 1. The Hall–Kier alpha value is -2.92. The van der Waals surface area contributed by atoms with Crippen molar-refractivity contribution in [1.82, 2.24) is 10.1 Å². The lowest BCUT2D eigenvalue weighted by Crippen LogP contribution is -1.95. The third-order valence-corrected chi connectivity index (χ3v) is 4.53. The summed E-state index contributed by atoms with van der Waals surface area (Å²) in [5, 5.41) is 7.42. The molecule has 26 heavy (non-hydrogen) atoms. The number of rotatable bonds is 4. The summed E-state index contributed by atoms with van der Waals surface area (Å²) in [6.07, 6.45) is 0. The van der Waals surface area contributed by atoms with Gasteiger partial charge in [-0.1, -0.05) is 65.8 Å². The van der Waals surface area contributed by atoms with Crippen molar-refractivity contribution in [1.29, 1.82) is 0 Å². The summed E-state index contributed by atoms with van der Waals surface area (Å²) in [5.74, 6) is 1.43. The van der Waals surface area contributed by atoms with Crippen LogP contribution in [0.4, 0.5) is 11.5 Å². The number of hydrogen-bond acceptors (Lipinski definition) is 4. The first kappa shape index (κ1) is 16.5. The van der Waals surface area contributed by atoms with Crippen LogP contribution < -0.4 is 5.32 Å². The van der Waals surface area contributed by atoms with Crippen LogP contribution in [0.2, 0.25) is 0 Å². The highest BCUT2D eigenvalue weighted by Crippen LogP contribution is 2.34. The predicted molar refractivity (Wildman–Crippen MR) is 107 cm³/mol. The average Bonchev–Trinajstić information content (AvgIpc) is 3.03. The van der Waals surface area contributed by atoms with Crippen LogP contribution in [0.15, 0.2) is 81.9 Å². The molecule has 128 valence electrons. The van der Waals surface area contributed by atoms with Gasteiger partial charge in [0.2, 0.25) is 0 Å². The van der Waals surface area contributed by atoms with E-state index in [1.54, 1.807) is 0 Å². The zero-order valence-corrected chi connectivity index (χ0v) is 15.7. The number of halogens is 1. The van der Waals surface area contributed by atoms with Crippen molar-refractivity contribution >= 4 is 27.4 Å². The molecule has 0 aliphatic rings. The van der Waals surface area contributed by atoms with Crippen molar-refractivity contribution in [3.05, 3.63) is 83.1 Å². The second-order valence-corrected chi connectivity index (χ2v) is 6.70. The van der Waals surface area contributed by atoms with Gasteiger partial charge in [-0.2, -0.15) is 0 Å². The highest BCUT2D eigenvalue weighted by molar-refractivity contribution is 9.10. The molecule has 4 aromatic rings. The Kier molecular flexibility index (Phi) is 4.54. The average molecular weight is 406 g/mol. The summed E-state index contributed by atoms with van der Waals surface area (Å²) < 4.78 is 6.35. The number of anilines is 2. The van der Waals surface area contributed by atoms with Crippen molar-refractivity contribution in [2.75, 3.05) is 5.32 Å². The van der Waals surface area contributed by atoms with Crippen molar-refractivity contribution in [3.8, 4) is 22.5 Å². The third-order valence-electron chi connectivity index (χ3n) is 4.09. The van der Waals surface area contributed by atoms with E-state index in [9.17, 15) is 0 Å². The van der Waals surface area contributed by atoms with Gasteiger partial charge in [0.15, 0.2) is 5.76 Å². The Morgan fingerprint density at radius 2 is 1.50 bits per heavy atom. The molecule has 0 aliphatic heterocycles. The Bertz CT molecular complexity index is 1030. The Balaban J connectivity index is 1.66. The fraction of sp³-hybridized carbons (Fsp3) is 0.0476. The minimum Gasteiger partial charge on any atom is -0.354 e. The Morgan fingerprint density at radius 1 is 0.808 bits per heavy atom. The maximum absolute atomic E-state index is 5.58. The van der Waals surface area contributed by atoms with Gasteiger partial charge in [0.05, 0.1) is 0 Å². The lowest BCUT2D eigenvalue weighted by Gasteiger charge is -2.07. The molecule has 4 rings (SSSR count). The van der Waals surface area contributed by atoms with E-state index in [2.05, 4.69) is 55.7 Å². The normalized spacial score (nSPS) is 10.7. The molecule has 0 atom stereocenters. The fourth-order valence-corrected chi connectivity index (χ4v) is 3.11. The van der Waals surface area contributed by atoms with Crippen LogP contribution in [-0.4, -0.2) is 10.1 Å². The second kappa shape index (κ2) is 7.14. The lowest BCUT2D eigenvalue weighted by atomic mass is 10.0. The SMILES string of the molecule is Cc1noc(-c2ccc(-c3ccccc3)cc2)c1Nc1cccc(Br)n1. The third kappa shape index (κ3) is 3.39. The molecule has 0 aliphatic carbocycles. The molecule has 0 spiro atoms. The molecule has 0 radical (unpaired) electrons. The molecule has 0 fully saturated rings. The standard InChI is InChI=1S/C21H16BrN3O/c1-14-20(24-19-9-5-8-18(22)23-19)21(26-25-14)17-12-10-16(11-13-17)15-6-3-2-4-7-15/h2-13H,1H3,(H,23,24). The summed E-state index contributed by atoms with van der Waals surface area (Å²) in [4.78, 5) is 4.41. The van der Waals surface area contributed by atoms with E-state index in [-0.39, 0.29) is 0 Å². The quantitative estimate of drug-likeness (QED) is 0.409. The maximum atomic E-state index is 5.58. The number of aryl methyl sites for hydroxylation is 1. The smallest absolute Gasteiger partial charge is 0.190 e. The topological polar surface area (TPSA) is 51.0 Å². The zero-order valence-electron chi connectivity index (χ0n) is 14.1. The molecular weight excluding hydrogens is 390 g/mol. The molecule has 0 saturated heterocycles. The molecular formula is C21H16BrN3O. The Labute approximate surface area is 160 Å². The van der Waals surface area contributed by atoms with Gasteiger partial charge in [0.1, 0.15) is 21.8 Å². The summed E-state index contributed by atoms with van der Waals surface area (Å²) in [6, 6.07) is 24.3. The minimum absolute atomic E-state index is 0.698. The van der Waals surface area contributed by atoms with E-state index in [0.29, 0.717) is 5.76 Å². The van der Waals surface area contributed by atoms with E-state index >= 15 is 0 Å². The van der Waals surface area contributed by atoms with Crippen LogP contribution in [0.3, 0.4) is 0 Å². The van der Waals surface area contributed by atoms with Gasteiger partial charge in [-0.25, -0.2) is 4.98 Å². The molecule has 0 amide bonds. The largest absolute Gasteiger partial charge is 0.354 e. The highest BCUT2D eigenvalue weighted by atomic mass is 79.9. The van der Waals surface area contributed by atoms with Crippen molar-refractivity contribution in [3.63, 3.8) is 0 Å². The molecule has 2 heterocycles. The van der Waals surface area contributed by atoms with Crippen molar-refractivity contribution < 1.29 is 4.52 Å². The van der Waals surface area contributed by atoms with Gasteiger partial charge >= 0.3 is 0 Å². The first-order chi connectivity index (χ1) is 12.7. The number of benzene rings is 2. The van der Waals surface area contributed by atoms with E-state index in [0.717, 1.165) is 32.9 Å². The number of nitrogens with one attached hydrogen (secondary N) is 1. The monoisotopic (exact) mass is 405 g/mol. The molecule has 5 heteroatoms. The van der Waals surface area contributed by atoms with Crippen LogP contribution >= 0.6 is 15.9 Å². The van der Waals surface area contributed by atoms with E-state index in [1.807, 2.05) is 55.5 Å². The van der Waals surface area contributed by atoms with Crippen LogP contribution in [0, 0.1) is 6.92 Å². The van der Waals surface area contributed by atoms with Crippen LogP contribution in [0.1, 0.15) is 5.69 Å². The first-order valence-electron chi connectivity index (χ1n) is 8.22. The molecule has 2 aromatic heterocycles. The molecule has 2 aromatic carbocycles. The van der Waals surface area contributed by atoms with E-state index in [1.165, 1.54) is 5.56 Å². The molecule has 1 N–H and O–H groups in total. The molecule has 0 bridgehead atoms. The van der Waals surface area contributed by atoms with Crippen LogP contribution in [-0.2, 0) is 0 Å². The van der Waals surface area contributed by atoms with Gasteiger partial charge in [0, 0.05) is 5.56 Å². The summed E-state index contributed by atoms with van der Waals surface area (Å²) in [7, 11) is 0. The first-order valence-corrected chi connectivity index (χ1v) is 9.02.